The van der Waals surface area contributed by atoms with Gasteiger partial charge in [0.1, 0.15) is 0 Å². The summed E-state index contributed by atoms with van der Waals surface area (Å²) in [5.74, 6) is -0.263. The Kier molecular flexibility index (Phi) is 4.98. The zero-order chi connectivity index (χ0) is 18.7. The number of amides is 1. The topological polar surface area (TPSA) is 68.2 Å². The van der Waals surface area contributed by atoms with Gasteiger partial charge in [0, 0.05) is 35.7 Å². The van der Waals surface area contributed by atoms with E-state index in [4.69, 9.17) is 0 Å². The van der Waals surface area contributed by atoms with Gasteiger partial charge in [-0.3, -0.25) is 14.4 Å². The van der Waals surface area contributed by atoms with E-state index in [9.17, 15) is 14.4 Å². The van der Waals surface area contributed by atoms with Crippen LogP contribution in [0.15, 0.2) is 59.4 Å². The third-order valence-corrected chi connectivity index (χ3v) is 4.34. The lowest BCUT2D eigenvalue weighted by atomic mass is 10.1. The molecule has 0 fully saturated rings. The number of ketones is 1. The number of rotatable bonds is 5. The Bertz CT molecular complexity index is 1050. The predicted octanol–water partition coefficient (Wildman–Crippen LogP) is 3.54. The van der Waals surface area contributed by atoms with Gasteiger partial charge < -0.3 is 9.88 Å². The lowest BCUT2D eigenvalue weighted by molar-refractivity contribution is -0.116. The summed E-state index contributed by atoms with van der Waals surface area (Å²) < 4.78 is 1.62. The Morgan fingerprint density at radius 1 is 1.04 bits per heavy atom. The number of carbonyl (C=O) groups is 2. The van der Waals surface area contributed by atoms with Crippen molar-refractivity contribution in [3.63, 3.8) is 0 Å². The first-order chi connectivity index (χ1) is 12.5. The van der Waals surface area contributed by atoms with Gasteiger partial charge in [-0.05, 0) is 37.6 Å². The Morgan fingerprint density at radius 2 is 1.81 bits per heavy atom. The van der Waals surface area contributed by atoms with Gasteiger partial charge in [0.25, 0.3) is 5.56 Å². The molecule has 0 aliphatic carbocycles. The van der Waals surface area contributed by atoms with E-state index in [-0.39, 0.29) is 30.2 Å². The van der Waals surface area contributed by atoms with Crippen molar-refractivity contribution in [3.05, 3.63) is 76.1 Å². The molecule has 5 nitrogen and oxygen atoms in total. The molecule has 5 heteroatoms. The van der Waals surface area contributed by atoms with Crippen LogP contribution in [0.1, 0.15) is 29.3 Å². The number of hydrogen-bond donors (Lipinski definition) is 1. The molecule has 1 aromatic heterocycles. The van der Waals surface area contributed by atoms with Crippen molar-refractivity contribution in [2.75, 3.05) is 5.32 Å². The normalized spacial score (nSPS) is 10.7. The Balaban J connectivity index is 1.76. The maximum atomic E-state index is 12.3. The molecule has 132 valence electrons. The summed E-state index contributed by atoms with van der Waals surface area (Å²) in [6, 6.07) is 16.1. The molecule has 0 radical (unpaired) electrons. The van der Waals surface area contributed by atoms with Crippen molar-refractivity contribution in [2.45, 2.75) is 26.8 Å². The smallest absolute Gasteiger partial charge is 0.251 e. The summed E-state index contributed by atoms with van der Waals surface area (Å²) in [4.78, 5) is 36.0. The number of aromatic nitrogens is 1. The van der Waals surface area contributed by atoms with Gasteiger partial charge in [-0.2, -0.15) is 0 Å². The molecule has 0 spiro atoms. The van der Waals surface area contributed by atoms with Crippen LogP contribution in [0.25, 0.3) is 10.9 Å². The van der Waals surface area contributed by atoms with Crippen LogP contribution in [0.2, 0.25) is 0 Å². The maximum Gasteiger partial charge on any atom is 0.251 e. The van der Waals surface area contributed by atoms with E-state index in [0.717, 1.165) is 16.5 Å². The van der Waals surface area contributed by atoms with Crippen LogP contribution in [-0.2, 0) is 11.3 Å². The molecule has 2 aromatic carbocycles. The fourth-order valence-electron chi connectivity index (χ4n) is 2.99. The lowest BCUT2D eigenvalue weighted by Crippen LogP contribution is -2.23. The lowest BCUT2D eigenvalue weighted by Gasteiger charge is -2.12. The highest BCUT2D eigenvalue weighted by molar-refractivity contribution is 5.97. The van der Waals surface area contributed by atoms with Crippen molar-refractivity contribution < 1.29 is 9.59 Å². The molecule has 0 aliphatic heterocycles. The second kappa shape index (κ2) is 7.35. The largest absolute Gasteiger partial charge is 0.326 e. The van der Waals surface area contributed by atoms with Gasteiger partial charge in [0.15, 0.2) is 5.78 Å². The first kappa shape index (κ1) is 17.6. The zero-order valence-electron chi connectivity index (χ0n) is 14.8. The van der Waals surface area contributed by atoms with E-state index in [2.05, 4.69) is 5.32 Å². The Labute approximate surface area is 151 Å². The Hall–Kier alpha value is -3.21. The number of benzene rings is 2. The van der Waals surface area contributed by atoms with E-state index in [0.29, 0.717) is 11.3 Å². The number of anilines is 1. The SMILES string of the molecule is CC(=O)c1cccc(NC(=O)CCn2c(=O)cc(C)c3ccccc32)c1. The summed E-state index contributed by atoms with van der Waals surface area (Å²) in [5, 5.41) is 3.78. The van der Waals surface area contributed by atoms with E-state index in [1.54, 1.807) is 34.9 Å². The van der Waals surface area contributed by atoms with Crippen molar-refractivity contribution >= 4 is 28.3 Å². The van der Waals surface area contributed by atoms with Gasteiger partial charge >= 0.3 is 0 Å². The van der Waals surface area contributed by atoms with Gasteiger partial charge in [0.2, 0.25) is 5.91 Å². The molecule has 1 amide bonds. The summed E-state index contributed by atoms with van der Waals surface area (Å²) in [7, 11) is 0. The van der Waals surface area contributed by atoms with E-state index < -0.39 is 0 Å². The van der Waals surface area contributed by atoms with Crippen LogP contribution in [0.4, 0.5) is 5.69 Å². The van der Waals surface area contributed by atoms with Crippen LogP contribution in [0, 0.1) is 6.92 Å². The Morgan fingerprint density at radius 3 is 2.58 bits per heavy atom. The highest BCUT2D eigenvalue weighted by Gasteiger charge is 2.09. The third-order valence-electron chi connectivity index (χ3n) is 4.34. The third kappa shape index (κ3) is 3.72. The van der Waals surface area contributed by atoms with Gasteiger partial charge in [-0.25, -0.2) is 0 Å². The second-order valence-electron chi connectivity index (χ2n) is 6.27. The molecule has 0 atom stereocenters. The standard InChI is InChI=1S/C21H20N2O3/c1-14-12-21(26)23(19-9-4-3-8-18(14)19)11-10-20(25)22-17-7-5-6-16(13-17)15(2)24/h3-9,12-13H,10-11H2,1-2H3,(H,22,25). The monoisotopic (exact) mass is 348 g/mol. The van der Waals surface area contributed by atoms with Gasteiger partial charge in [-0.1, -0.05) is 30.3 Å². The van der Waals surface area contributed by atoms with Crippen molar-refractivity contribution in [2.24, 2.45) is 0 Å². The number of carbonyl (C=O) groups excluding carboxylic acids is 2. The van der Waals surface area contributed by atoms with Crippen LogP contribution in [0.5, 0.6) is 0 Å². The number of Topliss-reactive ketones (excluding diaryl/α,β-unsaturated/α-hetero) is 1. The highest BCUT2D eigenvalue weighted by atomic mass is 16.2. The van der Waals surface area contributed by atoms with Crippen LogP contribution >= 0.6 is 0 Å². The molecule has 0 unspecified atom stereocenters. The number of fused-ring (bicyclic) bond motifs is 1. The number of nitrogens with one attached hydrogen (secondary N) is 1. The predicted molar refractivity (Wildman–Crippen MR) is 103 cm³/mol. The summed E-state index contributed by atoms with van der Waals surface area (Å²) in [5.41, 5.74) is 2.75. The van der Waals surface area contributed by atoms with Crippen molar-refractivity contribution in [1.82, 2.24) is 4.57 Å². The van der Waals surface area contributed by atoms with Crippen LogP contribution < -0.4 is 10.9 Å². The molecule has 0 aliphatic rings. The molecule has 26 heavy (non-hydrogen) atoms. The summed E-state index contributed by atoms with van der Waals surface area (Å²) >= 11 is 0. The quantitative estimate of drug-likeness (QED) is 0.717. The fourth-order valence-corrected chi connectivity index (χ4v) is 2.99. The number of pyridine rings is 1. The molecule has 1 N–H and O–H groups in total. The molecular weight excluding hydrogens is 328 g/mol. The molecule has 3 aromatic rings. The van der Waals surface area contributed by atoms with Crippen LogP contribution in [-0.4, -0.2) is 16.3 Å². The second-order valence-corrected chi connectivity index (χ2v) is 6.27. The van der Waals surface area contributed by atoms with E-state index >= 15 is 0 Å². The molecule has 1 heterocycles. The van der Waals surface area contributed by atoms with Crippen molar-refractivity contribution in [3.8, 4) is 0 Å². The average molecular weight is 348 g/mol. The minimum Gasteiger partial charge on any atom is -0.326 e. The minimum absolute atomic E-state index is 0.0567. The molecule has 3 rings (SSSR count). The zero-order valence-corrected chi connectivity index (χ0v) is 14.8. The van der Waals surface area contributed by atoms with Gasteiger partial charge in [0.05, 0.1) is 5.52 Å². The first-order valence-corrected chi connectivity index (χ1v) is 8.46. The molecule has 0 saturated carbocycles. The molecule has 0 saturated heterocycles. The minimum atomic E-state index is -0.206. The first-order valence-electron chi connectivity index (χ1n) is 8.46. The number of hydrogen-bond acceptors (Lipinski definition) is 3. The van der Waals surface area contributed by atoms with Gasteiger partial charge in [-0.15, -0.1) is 0 Å². The van der Waals surface area contributed by atoms with E-state index in [1.807, 2.05) is 31.2 Å². The number of para-hydroxylation sites is 1. The van der Waals surface area contributed by atoms with Crippen molar-refractivity contribution in [1.29, 1.82) is 0 Å². The molecule has 0 bridgehead atoms. The number of aryl methyl sites for hydroxylation is 2. The highest BCUT2D eigenvalue weighted by Crippen LogP contribution is 2.16. The maximum absolute atomic E-state index is 12.3. The summed E-state index contributed by atoms with van der Waals surface area (Å²) in [6.07, 6.45) is 0.164. The van der Waals surface area contributed by atoms with E-state index in [1.165, 1.54) is 6.92 Å². The fraction of sp³-hybridized carbons (Fsp3) is 0.190. The number of nitrogens with zero attached hydrogens (tertiary/aromatic N) is 1. The average Bonchev–Trinajstić information content (AvgIpc) is 2.61. The molecular formula is C21H20N2O3. The van der Waals surface area contributed by atoms with Crippen LogP contribution in [0.3, 0.4) is 0 Å². The summed E-state index contributed by atoms with van der Waals surface area (Å²) in [6.45, 7) is 3.68.